The van der Waals surface area contributed by atoms with Gasteiger partial charge in [0, 0.05) is 9.61 Å². The molecule has 1 unspecified atom stereocenters. The van der Waals surface area contributed by atoms with E-state index in [9.17, 15) is 0 Å². The van der Waals surface area contributed by atoms with Gasteiger partial charge >= 0.3 is 0 Å². The Morgan fingerprint density at radius 2 is 2.29 bits per heavy atom. The molecule has 2 nitrogen and oxygen atoms in total. The predicted octanol–water partition coefficient (Wildman–Crippen LogP) is 2.50. The number of nitriles is 1. The molecule has 1 aromatic rings. The zero-order chi connectivity index (χ0) is 10.1. The molecule has 0 saturated carbocycles. The lowest BCUT2D eigenvalue weighted by Gasteiger charge is -2.23. The Labute approximate surface area is 97.2 Å². The van der Waals surface area contributed by atoms with Crippen molar-refractivity contribution in [3.63, 3.8) is 0 Å². The standard InChI is InChI=1S/C11H11IN2/c12-10-5-7(6-13)4-9-8(10)2-1-3-11(9)14/h4-5,11H,1-3,14H2. The van der Waals surface area contributed by atoms with Gasteiger partial charge in [-0.25, -0.2) is 0 Å². The minimum Gasteiger partial charge on any atom is -0.324 e. The van der Waals surface area contributed by atoms with E-state index in [1.165, 1.54) is 14.7 Å². The third kappa shape index (κ3) is 1.64. The summed E-state index contributed by atoms with van der Waals surface area (Å²) >= 11 is 2.30. The Morgan fingerprint density at radius 3 is 3.00 bits per heavy atom. The molecule has 72 valence electrons. The predicted molar refractivity (Wildman–Crippen MR) is 63.7 cm³/mol. The van der Waals surface area contributed by atoms with Crippen LogP contribution in [0.2, 0.25) is 0 Å². The highest BCUT2D eigenvalue weighted by Crippen LogP contribution is 2.31. The van der Waals surface area contributed by atoms with Crippen molar-refractivity contribution in [1.82, 2.24) is 0 Å². The number of fused-ring (bicyclic) bond motifs is 1. The summed E-state index contributed by atoms with van der Waals surface area (Å²) in [6.45, 7) is 0. The summed E-state index contributed by atoms with van der Waals surface area (Å²) in [6.07, 6.45) is 3.31. The normalized spacial score (nSPS) is 19.9. The second kappa shape index (κ2) is 3.87. The number of nitrogens with zero attached hydrogens (tertiary/aromatic N) is 1. The molecule has 0 heterocycles. The average Bonchev–Trinajstić information content (AvgIpc) is 2.19. The van der Waals surface area contributed by atoms with Crippen molar-refractivity contribution < 1.29 is 0 Å². The number of benzene rings is 1. The zero-order valence-corrected chi connectivity index (χ0v) is 9.91. The monoisotopic (exact) mass is 298 g/mol. The Bertz CT molecular complexity index is 406. The second-order valence-electron chi connectivity index (χ2n) is 3.64. The number of rotatable bonds is 0. The van der Waals surface area contributed by atoms with E-state index in [0.717, 1.165) is 24.8 Å². The van der Waals surface area contributed by atoms with Gasteiger partial charge in [-0.2, -0.15) is 5.26 Å². The Kier molecular flexibility index (Phi) is 2.75. The van der Waals surface area contributed by atoms with E-state index in [4.69, 9.17) is 11.0 Å². The molecule has 0 radical (unpaired) electrons. The summed E-state index contributed by atoms with van der Waals surface area (Å²) in [5.74, 6) is 0. The summed E-state index contributed by atoms with van der Waals surface area (Å²) in [4.78, 5) is 0. The Hall–Kier alpha value is -0.600. The van der Waals surface area contributed by atoms with Gasteiger partial charge in [0.2, 0.25) is 0 Å². The first-order valence-corrected chi connectivity index (χ1v) is 5.78. The Balaban J connectivity index is 2.58. The highest BCUT2D eigenvalue weighted by molar-refractivity contribution is 14.1. The third-order valence-electron chi connectivity index (χ3n) is 2.70. The molecule has 0 bridgehead atoms. The van der Waals surface area contributed by atoms with Crippen molar-refractivity contribution in [2.45, 2.75) is 25.3 Å². The highest BCUT2D eigenvalue weighted by atomic mass is 127. The fourth-order valence-electron chi connectivity index (χ4n) is 1.97. The molecule has 3 heteroatoms. The van der Waals surface area contributed by atoms with Crippen molar-refractivity contribution in [3.8, 4) is 6.07 Å². The molecule has 2 N–H and O–H groups in total. The number of nitrogens with two attached hydrogens (primary N) is 1. The molecule has 1 atom stereocenters. The van der Waals surface area contributed by atoms with Gasteiger partial charge in [-0.1, -0.05) is 0 Å². The fraction of sp³-hybridized carbons (Fsp3) is 0.364. The van der Waals surface area contributed by atoms with Crippen LogP contribution in [0.25, 0.3) is 0 Å². The van der Waals surface area contributed by atoms with Gasteiger partial charge in [0.15, 0.2) is 0 Å². The molecule has 0 amide bonds. The van der Waals surface area contributed by atoms with Gasteiger partial charge in [-0.3, -0.25) is 0 Å². The van der Waals surface area contributed by atoms with E-state index in [1.807, 2.05) is 12.1 Å². The van der Waals surface area contributed by atoms with Gasteiger partial charge in [0.05, 0.1) is 11.6 Å². The van der Waals surface area contributed by atoms with E-state index in [1.54, 1.807) is 0 Å². The quantitative estimate of drug-likeness (QED) is 0.748. The topological polar surface area (TPSA) is 49.8 Å². The zero-order valence-electron chi connectivity index (χ0n) is 7.76. The smallest absolute Gasteiger partial charge is 0.0992 e. The highest BCUT2D eigenvalue weighted by Gasteiger charge is 2.19. The summed E-state index contributed by atoms with van der Waals surface area (Å²) in [7, 11) is 0. The molecule has 0 spiro atoms. The molecule has 0 fully saturated rings. The maximum Gasteiger partial charge on any atom is 0.0992 e. The number of hydrogen-bond donors (Lipinski definition) is 1. The van der Waals surface area contributed by atoms with Crippen molar-refractivity contribution in [2.75, 3.05) is 0 Å². The van der Waals surface area contributed by atoms with Crippen molar-refractivity contribution in [2.24, 2.45) is 5.73 Å². The summed E-state index contributed by atoms with van der Waals surface area (Å²) < 4.78 is 1.19. The maximum absolute atomic E-state index is 8.86. The molecule has 2 rings (SSSR count). The maximum atomic E-state index is 8.86. The van der Waals surface area contributed by atoms with Crippen LogP contribution >= 0.6 is 22.6 Å². The van der Waals surface area contributed by atoms with Crippen LogP contribution in [0.1, 0.15) is 35.6 Å². The first kappa shape index (κ1) is 9.94. The molecule has 0 saturated heterocycles. The van der Waals surface area contributed by atoms with Gasteiger partial charge < -0.3 is 5.73 Å². The van der Waals surface area contributed by atoms with E-state index >= 15 is 0 Å². The van der Waals surface area contributed by atoms with Crippen molar-refractivity contribution in [3.05, 3.63) is 32.4 Å². The SMILES string of the molecule is N#Cc1cc(I)c2c(c1)C(N)CCC2. The van der Waals surface area contributed by atoms with E-state index in [2.05, 4.69) is 28.7 Å². The van der Waals surface area contributed by atoms with Crippen LogP contribution < -0.4 is 5.73 Å². The lowest BCUT2D eigenvalue weighted by Crippen LogP contribution is -2.18. The van der Waals surface area contributed by atoms with Gasteiger partial charge in [-0.05, 0) is 65.1 Å². The molecule has 0 aliphatic heterocycles. The first-order valence-electron chi connectivity index (χ1n) is 4.70. The number of hydrogen-bond acceptors (Lipinski definition) is 2. The minimum atomic E-state index is 0.126. The molecule has 1 aliphatic rings. The van der Waals surface area contributed by atoms with Crippen molar-refractivity contribution >= 4 is 22.6 Å². The Morgan fingerprint density at radius 1 is 1.50 bits per heavy atom. The summed E-state index contributed by atoms with van der Waals surface area (Å²) in [5.41, 5.74) is 9.28. The van der Waals surface area contributed by atoms with Crippen LogP contribution in [-0.2, 0) is 6.42 Å². The number of halogens is 1. The van der Waals surface area contributed by atoms with Crippen LogP contribution in [0.3, 0.4) is 0 Å². The van der Waals surface area contributed by atoms with Crippen molar-refractivity contribution in [1.29, 1.82) is 5.26 Å². The van der Waals surface area contributed by atoms with Crippen LogP contribution in [0.5, 0.6) is 0 Å². The largest absolute Gasteiger partial charge is 0.324 e. The van der Waals surface area contributed by atoms with Gasteiger partial charge in [-0.15, -0.1) is 0 Å². The lowest BCUT2D eigenvalue weighted by molar-refractivity contribution is 0.568. The third-order valence-corrected chi connectivity index (χ3v) is 3.66. The lowest BCUT2D eigenvalue weighted by atomic mass is 9.87. The average molecular weight is 298 g/mol. The van der Waals surface area contributed by atoms with Crippen LogP contribution in [0.15, 0.2) is 12.1 Å². The fourth-order valence-corrected chi connectivity index (χ4v) is 2.89. The first-order chi connectivity index (χ1) is 6.72. The van der Waals surface area contributed by atoms with Crippen LogP contribution in [0.4, 0.5) is 0 Å². The van der Waals surface area contributed by atoms with Crippen LogP contribution in [-0.4, -0.2) is 0 Å². The molecule has 1 aromatic carbocycles. The molecule has 1 aliphatic carbocycles. The van der Waals surface area contributed by atoms with Crippen LogP contribution in [0, 0.1) is 14.9 Å². The van der Waals surface area contributed by atoms with E-state index in [0.29, 0.717) is 0 Å². The summed E-state index contributed by atoms with van der Waals surface area (Å²) in [5, 5.41) is 8.86. The molecule has 0 aromatic heterocycles. The van der Waals surface area contributed by atoms with Gasteiger partial charge in [0.25, 0.3) is 0 Å². The van der Waals surface area contributed by atoms with E-state index in [-0.39, 0.29) is 6.04 Å². The minimum absolute atomic E-state index is 0.126. The molecule has 14 heavy (non-hydrogen) atoms. The summed E-state index contributed by atoms with van der Waals surface area (Å²) in [6, 6.07) is 6.19. The van der Waals surface area contributed by atoms with Gasteiger partial charge in [0.1, 0.15) is 0 Å². The van der Waals surface area contributed by atoms with E-state index < -0.39 is 0 Å². The molecular weight excluding hydrogens is 287 g/mol. The molecular formula is C11H11IN2. The second-order valence-corrected chi connectivity index (χ2v) is 4.80.